The lowest BCUT2D eigenvalue weighted by Crippen LogP contribution is -2.06. The normalized spacial score (nSPS) is 11.0. The van der Waals surface area contributed by atoms with Crippen molar-refractivity contribution in [3.05, 3.63) is 83.8 Å². The van der Waals surface area contributed by atoms with Crippen LogP contribution in [0.2, 0.25) is 5.02 Å². The van der Waals surface area contributed by atoms with E-state index in [9.17, 15) is 0 Å². The number of benzene rings is 2. The molecule has 8 heteroatoms. The molecule has 5 rings (SSSR count). The molecule has 5 aromatic rings. The number of aromatic amines is 1. The van der Waals surface area contributed by atoms with E-state index in [0.29, 0.717) is 16.4 Å². The van der Waals surface area contributed by atoms with Gasteiger partial charge in [0.05, 0.1) is 22.4 Å². The van der Waals surface area contributed by atoms with Gasteiger partial charge in [-0.15, -0.1) is 0 Å². The molecule has 0 aliphatic rings. The number of hydrogen-bond acceptors (Lipinski definition) is 6. The third kappa shape index (κ3) is 3.78. The van der Waals surface area contributed by atoms with Crippen LogP contribution in [0.15, 0.2) is 73.2 Å². The molecule has 2 aromatic carbocycles. The topological polar surface area (TPSA) is 103 Å². The van der Waals surface area contributed by atoms with E-state index < -0.39 is 0 Å². The number of fused-ring (bicyclic) bond motifs is 1. The van der Waals surface area contributed by atoms with Crippen molar-refractivity contribution in [2.45, 2.75) is 6.61 Å². The first-order valence-electron chi connectivity index (χ1n) is 9.56. The molecule has 0 amide bonds. The van der Waals surface area contributed by atoms with Crippen LogP contribution in [0, 0.1) is 0 Å². The molecular formula is C23H17ClN6O. The van der Waals surface area contributed by atoms with Crippen LogP contribution < -0.4 is 10.5 Å². The van der Waals surface area contributed by atoms with Gasteiger partial charge in [0.1, 0.15) is 12.3 Å². The van der Waals surface area contributed by atoms with Crippen LogP contribution in [0.1, 0.15) is 5.56 Å². The van der Waals surface area contributed by atoms with Crippen molar-refractivity contribution in [2.24, 2.45) is 0 Å². The predicted octanol–water partition coefficient (Wildman–Crippen LogP) is 4.90. The Labute approximate surface area is 182 Å². The number of pyridine rings is 1. The lowest BCUT2D eigenvalue weighted by atomic mass is 10.0. The second-order valence-corrected chi connectivity index (χ2v) is 7.33. The van der Waals surface area contributed by atoms with Crippen molar-refractivity contribution in [1.82, 2.24) is 25.1 Å². The largest absolute Gasteiger partial charge is 0.470 e. The lowest BCUT2D eigenvalue weighted by molar-refractivity contribution is 0.294. The van der Waals surface area contributed by atoms with E-state index in [1.165, 1.54) is 0 Å². The van der Waals surface area contributed by atoms with Crippen LogP contribution >= 0.6 is 11.6 Å². The molecule has 0 saturated carbocycles. The highest BCUT2D eigenvalue weighted by Gasteiger charge is 2.18. The molecule has 31 heavy (non-hydrogen) atoms. The number of nitrogens with two attached hydrogens (primary N) is 1. The Hall–Kier alpha value is -3.97. The van der Waals surface area contributed by atoms with Crippen LogP contribution in [0.5, 0.6) is 5.88 Å². The number of aromatic nitrogens is 5. The highest BCUT2D eigenvalue weighted by molar-refractivity contribution is 6.35. The fourth-order valence-corrected chi connectivity index (χ4v) is 3.59. The molecule has 3 N–H and O–H groups in total. The van der Waals surface area contributed by atoms with E-state index in [1.54, 1.807) is 18.6 Å². The predicted molar refractivity (Wildman–Crippen MR) is 121 cm³/mol. The number of nitrogen functional groups attached to an aromatic ring is 1. The molecule has 0 spiro atoms. The molecule has 0 saturated heterocycles. The van der Waals surface area contributed by atoms with Gasteiger partial charge in [0.15, 0.2) is 5.82 Å². The van der Waals surface area contributed by atoms with Crippen molar-refractivity contribution in [3.8, 4) is 28.4 Å². The molecule has 152 valence electrons. The summed E-state index contributed by atoms with van der Waals surface area (Å²) >= 11 is 6.48. The molecule has 0 atom stereocenters. The Morgan fingerprint density at radius 2 is 1.77 bits per heavy atom. The second-order valence-electron chi connectivity index (χ2n) is 6.92. The molecule has 0 fully saturated rings. The summed E-state index contributed by atoms with van der Waals surface area (Å²) in [7, 11) is 0. The van der Waals surface area contributed by atoms with Crippen LogP contribution in [-0.2, 0) is 6.61 Å². The zero-order valence-corrected chi connectivity index (χ0v) is 17.0. The molecule has 0 radical (unpaired) electrons. The highest BCUT2D eigenvalue weighted by atomic mass is 35.5. The van der Waals surface area contributed by atoms with Crippen LogP contribution in [-0.4, -0.2) is 25.1 Å². The zero-order valence-electron chi connectivity index (χ0n) is 16.3. The highest BCUT2D eigenvalue weighted by Crippen LogP contribution is 2.36. The Morgan fingerprint density at radius 1 is 0.935 bits per heavy atom. The Bertz CT molecular complexity index is 1360. The summed E-state index contributed by atoms with van der Waals surface area (Å²) in [6.45, 7) is 0.276. The van der Waals surface area contributed by atoms with Crippen molar-refractivity contribution >= 4 is 28.3 Å². The number of nitrogens with zero attached hydrogens (tertiary/aromatic N) is 4. The van der Waals surface area contributed by atoms with Gasteiger partial charge in [0.2, 0.25) is 0 Å². The number of rotatable bonds is 5. The van der Waals surface area contributed by atoms with Crippen molar-refractivity contribution in [1.29, 1.82) is 0 Å². The number of nitrogens with one attached hydrogen (secondary N) is 1. The minimum absolute atomic E-state index is 0.210. The van der Waals surface area contributed by atoms with Gasteiger partial charge in [0, 0.05) is 34.5 Å². The maximum absolute atomic E-state index is 6.48. The molecule has 0 unspecified atom stereocenters. The lowest BCUT2D eigenvalue weighted by Gasteiger charge is -2.14. The first-order valence-corrected chi connectivity index (χ1v) is 9.94. The average Bonchev–Trinajstić information content (AvgIpc) is 3.29. The van der Waals surface area contributed by atoms with Crippen molar-refractivity contribution in [2.75, 3.05) is 5.73 Å². The number of halogens is 1. The van der Waals surface area contributed by atoms with Crippen LogP contribution in [0.4, 0.5) is 5.82 Å². The summed E-state index contributed by atoms with van der Waals surface area (Å²) in [6.07, 6.45) is 5.16. The third-order valence-corrected chi connectivity index (χ3v) is 5.11. The summed E-state index contributed by atoms with van der Waals surface area (Å²) in [6, 6.07) is 17.3. The third-order valence-electron chi connectivity index (χ3n) is 4.81. The van der Waals surface area contributed by atoms with Crippen LogP contribution in [0.25, 0.3) is 33.4 Å². The maximum Gasteiger partial charge on any atom is 0.258 e. The molecule has 0 aliphatic heterocycles. The van der Waals surface area contributed by atoms with Gasteiger partial charge in [-0.3, -0.25) is 10.1 Å². The first-order chi connectivity index (χ1) is 15.2. The van der Waals surface area contributed by atoms with Gasteiger partial charge in [-0.1, -0.05) is 48.0 Å². The van der Waals surface area contributed by atoms with Crippen molar-refractivity contribution < 1.29 is 4.74 Å². The summed E-state index contributed by atoms with van der Waals surface area (Å²) in [5.41, 5.74) is 10.8. The van der Waals surface area contributed by atoms with E-state index in [0.717, 1.165) is 27.6 Å². The minimum atomic E-state index is 0.210. The van der Waals surface area contributed by atoms with Gasteiger partial charge in [-0.25, -0.2) is 9.97 Å². The maximum atomic E-state index is 6.48. The second kappa shape index (κ2) is 8.04. The minimum Gasteiger partial charge on any atom is -0.470 e. The Morgan fingerprint density at radius 3 is 2.58 bits per heavy atom. The van der Waals surface area contributed by atoms with Gasteiger partial charge in [-0.2, -0.15) is 5.10 Å². The molecular weight excluding hydrogens is 412 g/mol. The van der Waals surface area contributed by atoms with Gasteiger partial charge >= 0.3 is 0 Å². The van der Waals surface area contributed by atoms with Gasteiger partial charge in [0.25, 0.3) is 5.88 Å². The monoisotopic (exact) mass is 428 g/mol. The molecule has 3 aromatic heterocycles. The molecule has 0 aliphatic carbocycles. The SMILES string of the molecule is Nc1nc(-c2ccccc2)c(-c2cc(Cl)c3[nH]ncc3c2)nc1OCc1cccnc1. The van der Waals surface area contributed by atoms with E-state index in [-0.39, 0.29) is 18.3 Å². The smallest absolute Gasteiger partial charge is 0.258 e. The number of H-pyrrole nitrogens is 1. The Balaban J connectivity index is 1.64. The fourth-order valence-electron chi connectivity index (χ4n) is 3.32. The van der Waals surface area contributed by atoms with Crippen molar-refractivity contribution in [3.63, 3.8) is 0 Å². The average molecular weight is 429 g/mol. The summed E-state index contributed by atoms with van der Waals surface area (Å²) < 4.78 is 5.89. The van der Waals surface area contributed by atoms with E-state index in [4.69, 9.17) is 27.1 Å². The van der Waals surface area contributed by atoms with Gasteiger partial charge < -0.3 is 10.5 Å². The number of ether oxygens (including phenoxy) is 1. The van der Waals surface area contributed by atoms with Gasteiger partial charge in [-0.05, 0) is 18.2 Å². The molecule has 3 heterocycles. The van der Waals surface area contributed by atoms with E-state index in [2.05, 4.69) is 20.2 Å². The van der Waals surface area contributed by atoms with Crippen LogP contribution in [0.3, 0.4) is 0 Å². The van der Waals surface area contributed by atoms with E-state index in [1.807, 2.05) is 54.6 Å². The molecule has 0 bridgehead atoms. The zero-order chi connectivity index (χ0) is 21.2. The molecule has 7 nitrogen and oxygen atoms in total. The number of anilines is 1. The van der Waals surface area contributed by atoms with E-state index >= 15 is 0 Å². The first kappa shape index (κ1) is 19.0. The Kier molecular flexibility index (Phi) is 4.93. The quantitative estimate of drug-likeness (QED) is 0.413. The number of hydrogen-bond donors (Lipinski definition) is 2. The summed E-state index contributed by atoms with van der Waals surface area (Å²) in [5, 5.41) is 8.39. The summed E-state index contributed by atoms with van der Waals surface area (Å²) in [4.78, 5) is 13.5. The fraction of sp³-hybridized carbons (Fsp3) is 0.0435. The standard InChI is InChI=1S/C23H17ClN6O/c24-18-10-16(9-17-12-27-30-19(17)18)21-20(15-6-2-1-3-7-15)28-22(25)23(29-21)31-13-14-5-4-8-26-11-14/h1-12H,13H2,(H2,25,28)(H,27,30). The summed E-state index contributed by atoms with van der Waals surface area (Å²) in [5.74, 6) is 0.462.